The number of carbonyl (C=O) groups is 1. The molecular weight excluding hydrogens is 331 g/mol. The molecule has 0 fully saturated rings. The number of nitrogens with two attached hydrogens (primary N) is 1. The minimum atomic E-state index is -0.250. The van der Waals surface area contributed by atoms with E-state index in [0.717, 1.165) is 22.3 Å². The number of urea groups is 1. The van der Waals surface area contributed by atoms with E-state index < -0.39 is 0 Å². The molecule has 2 amide bonds. The molecule has 0 saturated heterocycles. The molecule has 1 heterocycles. The van der Waals surface area contributed by atoms with Gasteiger partial charge in [0, 0.05) is 22.8 Å². The summed E-state index contributed by atoms with van der Waals surface area (Å²) in [5, 5.41) is 6.61. The summed E-state index contributed by atoms with van der Waals surface area (Å²) in [4.78, 5) is 15.0. The van der Waals surface area contributed by atoms with Crippen molar-refractivity contribution in [3.63, 3.8) is 0 Å². The van der Waals surface area contributed by atoms with Gasteiger partial charge in [0.25, 0.3) is 0 Å². The van der Waals surface area contributed by atoms with Crippen molar-refractivity contribution in [3.8, 4) is 0 Å². The van der Waals surface area contributed by atoms with Gasteiger partial charge >= 0.3 is 6.03 Å². The third kappa shape index (κ3) is 10.3. The van der Waals surface area contributed by atoms with Crippen molar-refractivity contribution in [1.29, 1.82) is 0 Å². The summed E-state index contributed by atoms with van der Waals surface area (Å²) >= 11 is 0. The van der Waals surface area contributed by atoms with Crippen molar-refractivity contribution in [3.05, 3.63) is 54.4 Å². The molecule has 2 aromatic rings. The summed E-state index contributed by atoms with van der Waals surface area (Å²) < 4.78 is 10.3. The lowest BCUT2D eigenvalue weighted by molar-refractivity contribution is 0.254. The second-order valence-electron chi connectivity index (χ2n) is 4.47. The first kappa shape index (κ1) is 25.6. The lowest BCUT2D eigenvalue weighted by Crippen LogP contribution is -2.27. The maximum Gasteiger partial charge on any atom is 0.323 e. The van der Waals surface area contributed by atoms with Crippen LogP contribution >= 0.6 is 0 Å². The molecule has 0 aliphatic rings. The standard InChI is InChI=1S/C15H17N3O.C2H5F.C2H6.CH5N/c1-3-4-6-11(2)17-15(19)18-14-8-5-7-13-12(14)9-10-16-13;1-2-3;2*1-2/h3-10,16H,1-2H3,(H2,17,18,19);2H2,1H3;1-2H3;2H2,1H3/b4-3-,11-6+;;;. The maximum absolute atomic E-state index is 11.9. The highest BCUT2D eigenvalue weighted by Crippen LogP contribution is 2.21. The molecule has 0 unspecified atom stereocenters. The van der Waals surface area contributed by atoms with Crippen molar-refractivity contribution in [2.45, 2.75) is 34.6 Å². The van der Waals surface area contributed by atoms with Crippen molar-refractivity contribution < 1.29 is 9.18 Å². The number of halogens is 1. The van der Waals surface area contributed by atoms with E-state index >= 15 is 0 Å². The fraction of sp³-hybridized carbons (Fsp3) is 0.350. The Morgan fingerprint density at radius 2 is 1.88 bits per heavy atom. The fourth-order valence-electron chi connectivity index (χ4n) is 1.81. The molecule has 0 radical (unpaired) electrons. The van der Waals surface area contributed by atoms with Crippen LogP contribution in [-0.2, 0) is 0 Å². The highest BCUT2D eigenvalue weighted by atomic mass is 19.1. The number of hydrogen-bond acceptors (Lipinski definition) is 2. The minimum absolute atomic E-state index is 0.244. The molecule has 6 heteroatoms. The highest BCUT2D eigenvalue weighted by molar-refractivity contribution is 6.01. The van der Waals surface area contributed by atoms with Gasteiger partial charge in [-0.1, -0.05) is 32.1 Å². The maximum atomic E-state index is 11.9. The number of fused-ring (bicyclic) bond motifs is 1. The van der Waals surface area contributed by atoms with E-state index in [1.54, 1.807) is 0 Å². The fourth-order valence-corrected chi connectivity index (χ4v) is 1.81. The molecule has 0 aliphatic carbocycles. The van der Waals surface area contributed by atoms with Gasteiger partial charge in [0.1, 0.15) is 0 Å². The number of amides is 2. The lowest BCUT2D eigenvalue weighted by Gasteiger charge is -2.08. The first-order valence-corrected chi connectivity index (χ1v) is 8.69. The number of aromatic amines is 1. The zero-order valence-electron chi connectivity index (χ0n) is 16.7. The molecular formula is C20H33FN4O. The van der Waals surface area contributed by atoms with Crippen LogP contribution in [0, 0.1) is 0 Å². The Morgan fingerprint density at radius 3 is 2.46 bits per heavy atom. The molecule has 1 aromatic heterocycles. The number of carbonyl (C=O) groups excluding carboxylic acids is 1. The zero-order chi connectivity index (χ0) is 20.4. The van der Waals surface area contributed by atoms with Crippen LogP contribution in [0.15, 0.2) is 54.4 Å². The van der Waals surface area contributed by atoms with Crippen LogP contribution in [0.2, 0.25) is 0 Å². The number of allylic oxidation sites excluding steroid dienone is 4. The van der Waals surface area contributed by atoms with E-state index in [-0.39, 0.29) is 12.7 Å². The van der Waals surface area contributed by atoms with Crippen LogP contribution in [0.5, 0.6) is 0 Å². The molecule has 0 aliphatic heterocycles. The second-order valence-corrected chi connectivity index (χ2v) is 4.47. The summed E-state index contributed by atoms with van der Waals surface area (Å²) in [6.45, 7) is 8.98. The first-order valence-electron chi connectivity index (χ1n) is 8.69. The van der Waals surface area contributed by atoms with Gasteiger partial charge in [-0.3, -0.25) is 4.39 Å². The van der Waals surface area contributed by atoms with E-state index in [1.807, 2.05) is 76.4 Å². The summed E-state index contributed by atoms with van der Waals surface area (Å²) in [7, 11) is 1.50. The summed E-state index contributed by atoms with van der Waals surface area (Å²) in [6, 6.07) is 7.44. The molecule has 1 aromatic carbocycles. The number of hydrogen-bond donors (Lipinski definition) is 4. The normalized spacial score (nSPS) is 9.92. The van der Waals surface area contributed by atoms with Crippen LogP contribution in [0.4, 0.5) is 14.9 Å². The van der Waals surface area contributed by atoms with E-state index in [1.165, 1.54) is 14.0 Å². The number of aromatic nitrogens is 1. The lowest BCUT2D eigenvalue weighted by atomic mass is 10.2. The van der Waals surface area contributed by atoms with Gasteiger partial charge in [-0.2, -0.15) is 0 Å². The van der Waals surface area contributed by atoms with E-state index in [4.69, 9.17) is 0 Å². The van der Waals surface area contributed by atoms with Gasteiger partial charge in [-0.25, -0.2) is 4.79 Å². The van der Waals surface area contributed by atoms with Gasteiger partial charge in [0.05, 0.1) is 12.4 Å². The van der Waals surface area contributed by atoms with Crippen molar-refractivity contribution in [2.75, 3.05) is 19.0 Å². The smallest absolute Gasteiger partial charge is 0.323 e. The average molecular weight is 365 g/mol. The summed E-state index contributed by atoms with van der Waals surface area (Å²) in [5.41, 5.74) is 7.07. The summed E-state index contributed by atoms with van der Waals surface area (Å²) in [5.74, 6) is 0. The second kappa shape index (κ2) is 17.2. The molecule has 0 spiro atoms. The van der Waals surface area contributed by atoms with Gasteiger partial charge in [-0.15, -0.1) is 0 Å². The minimum Gasteiger partial charge on any atom is -0.361 e. The van der Waals surface area contributed by atoms with Gasteiger partial charge in [-0.05, 0) is 52.1 Å². The van der Waals surface area contributed by atoms with Crippen molar-refractivity contribution >= 4 is 22.6 Å². The highest BCUT2D eigenvalue weighted by Gasteiger charge is 2.05. The number of benzene rings is 1. The number of alkyl halides is 1. The van der Waals surface area contributed by atoms with Crippen molar-refractivity contribution in [1.82, 2.24) is 10.3 Å². The number of nitrogens with one attached hydrogen (secondary N) is 3. The van der Waals surface area contributed by atoms with Gasteiger partial charge in [0.15, 0.2) is 0 Å². The Balaban J connectivity index is 0. The Hall–Kier alpha value is -2.60. The van der Waals surface area contributed by atoms with Crippen LogP contribution < -0.4 is 16.4 Å². The number of anilines is 1. The quantitative estimate of drug-likeness (QED) is 0.554. The molecule has 0 bridgehead atoms. The largest absolute Gasteiger partial charge is 0.361 e. The van der Waals surface area contributed by atoms with Gasteiger partial charge in [0.2, 0.25) is 0 Å². The number of rotatable bonds is 3. The Kier molecular flexibility index (Phi) is 17.0. The third-order valence-electron chi connectivity index (χ3n) is 2.69. The first-order chi connectivity index (χ1) is 12.6. The van der Waals surface area contributed by atoms with E-state index in [0.29, 0.717) is 0 Å². The number of H-pyrrole nitrogens is 1. The molecule has 0 saturated carbocycles. The van der Waals surface area contributed by atoms with Crippen LogP contribution in [0.25, 0.3) is 10.9 Å². The Morgan fingerprint density at radius 1 is 1.27 bits per heavy atom. The molecule has 5 nitrogen and oxygen atoms in total. The molecule has 26 heavy (non-hydrogen) atoms. The molecule has 0 atom stereocenters. The summed E-state index contributed by atoms with van der Waals surface area (Å²) in [6.07, 6.45) is 7.48. The monoisotopic (exact) mass is 364 g/mol. The predicted molar refractivity (Wildman–Crippen MR) is 112 cm³/mol. The van der Waals surface area contributed by atoms with Crippen LogP contribution in [0.1, 0.15) is 34.6 Å². The van der Waals surface area contributed by atoms with E-state index in [2.05, 4.69) is 21.4 Å². The van der Waals surface area contributed by atoms with Crippen LogP contribution in [0.3, 0.4) is 0 Å². The zero-order valence-corrected chi connectivity index (χ0v) is 16.7. The SMILES string of the molecule is C/C=C\C=C(/C)NC(=O)Nc1cccc2[nH]ccc12.CC.CCF.CN. The molecule has 5 N–H and O–H groups in total. The van der Waals surface area contributed by atoms with E-state index in [9.17, 15) is 9.18 Å². The predicted octanol–water partition coefficient (Wildman–Crippen LogP) is 5.35. The van der Waals surface area contributed by atoms with Crippen molar-refractivity contribution in [2.24, 2.45) is 5.73 Å². The van der Waals surface area contributed by atoms with Gasteiger partial charge < -0.3 is 21.4 Å². The molecule has 146 valence electrons. The average Bonchev–Trinajstić information content (AvgIpc) is 3.14. The molecule has 2 rings (SSSR count). The topological polar surface area (TPSA) is 82.9 Å². The third-order valence-corrected chi connectivity index (χ3v) is 2.69. The van der Waals surface area contributed by atoms with Crippen LogP contribution in [-0.4, -0.2) is 24.7 Å². The Labute approximate surface area is 156 Å². The Bertz CT molecular complexity index is 663.